The Balaban J connectivity index is 1.52. The van der Waals surface area contributed by atoms with Crippen molar-refractivity contribution in [3.63, 3.8) is 0 Å². The van der Waals surface area contributed by atoms with Crippen LogP contribution < -0.4 is 11.0 Å². The van der Waals surface area contributed by atoms with Crippen LogP contribution in [0.4, 0.5) is 0 Å². The van der Waals surface area contributed by atoms with Crippen molar-refractivity contribution in [1.82, 2.24) is 20.0 Å². The summed E-state index contributed by atoms with van der Waals surface area (Å²) < 4.78 is 2.31. The molecule has 5 rings (SSSR count). The predicted molar refractivity (Wildman–Crippen MR) is 144 cm³/mol. The van der Waals surface area contributed by atoms with E-state index in [2.05, 4.69) is 26.5 Å². The first-order valence-corrected chi connectivity index (χ1v) is 12.5. The molecule has 0 fully saturated rings. The fourth-order valence-electron chi connectivity index (χ4n) is 3.44. The zero-order chi connectivity index (χ0) is 24.4. The highest BCUT2D eigenvalue weighted by Gasteiger charge is 2.16. The lowest BCUT2D eigenvalue weighted by atomic mass is 10.2. The molecule has 2 N–H and O–H groups in total. The molecule has 0 aliphatic carbocycles. The van der Waals surface area contributed by atoms with Crippen LogP contribution in [0.2, 0.25) is 5.02 Å². The molecule has 35 heavy (non-hydrogen) atoms. The minimum atomic E-state index is -0.215. The Bertz CT molecular complexity index is 1600. The average molecular weight is 567 g/mol. The second-order valence-electron chi connectivity index (χ2n) is 7.54. The minimum Gasteiger partial charge on any atom is -0.508 e. The van der Waals surface area contributed by atoms with Crippen molar-refractivity contribution >= 4 is 56.0 Å². The van der Waals surface area contributed by atoms with Crippen LogP contribution in [-0.4, -0.2) is 25.9 Å². The summed E-state index contributed by atoms with van der Waals surface area (Å²) in [7, 11) is 0. The second-order valence-corrected chi connectivity index (χ2v) is 9.73. The summed E-state index contributed by atoms with van der Waals surface area (Å²) in [5, 5.41) is 17.2. The van der Waals surface area contributed by atoms with E-state index in [1.54, 1.807) is 54.7 Å². The summed E-state index contributed by atoms with van der Waals surface area (Å²) in [6.45, 7) is 0.200. The highest BCUT2D eigenvalue weighted by atomic mass is 79.9. The molecule has 0 saturated heterocycles. The highest BCUT2D eigenvalue weighted by Crippen LogP contribution is 2.26. The van der Waals surface area contributed by atoms with Gasteiger partial charge in [-0.2, -0.15) is 5.10 Å². The highest BCUT2D eigenvalue weighted by molar-refractivity contribution is 9.10. The molecule has 2 aromatic heterocycles. The van der Waals surface area contributed by atoms with Gasteiger partial charge in [0, 0.05) is 20.4 Å². The van der Waals surface area contributed by atoms with Crippen molar-refractivity contribution in [2.75, 3.05) is 0 Å². The van der Waals surface area contributed by atoms with Gasteiger partial charge in [0.15, 0.2) is 5.13 Å². The second kappa shape index (κ2) is 9.99. The van der Waals surface area contributed by atoms with Gasteiger partial charge < -0.3 is 10.5 Å². The van der Waals surface area contributed by atoms with Crippen molar-refractivity contribution in [2.45, 2.75) is 6.54 Å². The summed E-state index contributed by atoms with van der Waals surface area (Å²) in [4.78, 5) is 23.0. The third kappa shape index (κ3) is 5.12. The quantitative estimate of drug-likeness (QED) is 0.202. The van der Waals surface area contributed by atoms with E-state index in [0.29, 0.717) is 26.9 Å². The Kier molecular flexibility index (Phi) is 6.63. The number of halogens is 2. The third-order valence-corrected chi connectivity index (χ3v) is 6.73. The van der Waals surface area contributed by atoms with Crippen molar-refractivity contribution in [2.24, 2.45) is 5.10 Å². The van der Waals surface area contributed by atoms with Gasteiger partial charge in [0.1, 0.15) is 11.6 Å². The number of hydrogen-bond donors (Lipinski definition) is 2. The van der Waals surface area contributed by atoms with Crippen LogP contribution in [0.3, 0.4) is 0 Å². The normalized spacial score (nSPS) is 11.4. The van der Waals surface area contributed by atoms with E-state index in [1.807, 2.05) is 23.6 Å². The van der Waals surface area contributed by atoms with Crippen molar-refractivity contribution in [3.05, 3.63) is 103 Å². The van der Waals surface area contributed by atoms with Gasteiger partial charge in [-0.05, 0) is 60.2 Å². The zero-order valence-electron chi connectivity index (χ0n) is 18.0. The van der Waals surface area contributed by atoms with Crippen LogP contribution in [0.15, 0.2) is 86.5 Å². The SMILES string of the molecule is O=c1c2cc(Br)ccc2nc(CN/N=C/c2ccc(O)cc2)n1-c1nc(-c2ccc(Cl)cc2)cs1. The Morgan fingerprint density at radius 3 is 2.63 bits per heavy atom. The van der Waals surface area contributed by atoms with Crippen LogP contribution in [-0.2, 0) is 6.54 Å². The molecule has 0 radical (unpaired) electrons. The first-order valence-electron chi connectivity index (χ1n) is 10.5. The lowest BCUT2D eigenvalue weighted by Gasteiger charge is -2.11. The van der Waals surface area contributed by atoms with E-state index in [1.165, 1.54) is 15.9 Å². The molecule has 0 spiro atoms. The molecule has 0 bridgehead atoms. The first kappa shape index (κ1) is 23.2. The maximum absolute atomic E-state index is 13.5. The van der Waals surface area contributed by atoms with Gasteiger partial charge in [-0.1, -0.05) is 39.7 Å². The predicted octanol–water partition coefficient (Wildman–Crippen LogP) is 5.75. The molecular weight excluding hydrogens is 550 g/mol. The number of hydrogen-bond acceptors (Lipinski definition) is 7. The first-order chi connectivity index (χ1) is 17.0. The molecule has 174 valence electrons. The molecule has 3 aromatic carbocycles. The number of nitrogens with zero attached hydrogens (tertiary/aromatic N) is 4. The van der Waals surface area contributed by atoms with Gasteiger partial charge in [0.25, 0.3) is 5.56 Å². The number of aromatic hydroxyl groups is 1. The van der Waals surface area contributed by atoms with Crippen molar-refractivity contribution in [3.8, 4) is 22.1 Å². The lowest BCUT2D eigenvalue weighted by molar-refractivity contribution is 0.475. The number of nitrogens with one attached hydrogen (secondary N) is 1. The van der Waals surface area contributed by atoms with Gasteiger partial charge in [-0.25, -0.2) is 14.5 Å². The fourth-order valence-corrected chi connectivity index (χ4v) is 4.77. The number of fused-ring (bicyclic) bond motifs is 1. The smallest absolute Gasteiger partial charge is 0.267 e. The molecule has 0 atom stereocenters. The van der Waals surface area contributed by atoms with Gasteiger partial charge in [0.05, 0.1) is 29.4 Å². The molecule has 2 heterocycles. The Morgan fingerprint density at radius 2 is 1.86 bits per heavy atom. The topological polar surface area (TPSA) is 92.4 Å². The maximum atomic E-state index is 13.5. The van der Waals surface area contributed by atoms with Crippen LogP contribution in [0.1, 0.15) is 11.4 Å². The molecule has 0 amide bonds. The lowest BCUT2D eigenvalue weighted by Crippen LogP contribution is -2.26. The number of benzene rings is 3. The standard InChI is InChI=1S/C25H17BrClN5O2S/c26-17-5-10-21-20(11-17)24(34)32(25-31-22(14-35-25)16-3-6-18(27)7-4-16)23(30-21)13-29-28-12-15-1-8-19(33)9-2-15/h1-12,14,29,33H,13H2/b28-12+. The molecule has 10 heteroatoms. The van der Waals surface area contributed by atoms with Crippen LogP contribution in [0.25, 0.3) is 27.3 Å². The minimum absolute atomic E-state index is 0.188. The Morgan fingerprint density at radius 1 is 1.09 bits per heavy atom. The van der Waals surface area contributed by atoms with Gasteiger partial charge >= 0.3 is 0 Å². The van der Waals surface area contributed by atoms with Crippen LogP contribution in [0.5, 0.6) is 5.75 Å². The number of aromatic nitrogens is 3. The van der Waals surface area contributed by atoms with E-state index in [0.717, 1.165) is 21.3 Å². The van der Waals surface area contributed by atoms with E-state index in [-0.39, 0.29) is 17.9 Å². The molecule has 7 nitrogen and oxygen atoms in total. The summed E-state index contributed by atoms with van der Waals surface area (Å²) in [6.07, 6.45) is 1.63. The molecule has 0 aliphatic rings. The maximum Gasteiger partial charge on any atom is 0.267 e. The van der Waals surface area contributed by atoms with E-state index in [9.17, 15) is 9.90 Å². The summed E-state index contributed by atoms with van der Waals surface area (Å²) >= 11 is 10.8. The fraction of sp³-hybridized carbons (Fsp3) is 0.0400. The van der Waals surface area contributed by atoms with Crippen LogP contribution >= 0.6 is 38.9 Å². The molecule has 0 unspecified atom stereocenters. The van der Waals surface area contributed by atoms with Gasteiger partial charge in [-0.3, -0.25) is 4.79 Å². The summed E-state index contributed by atoms with van der Waals surface area (Å²) in [6, 6.07) is 19.5. The number of phenolic OH excluding ortho intramolecular Hbond substituents is 1. The monoisotopic (exact) mass is 565 g/mol. The largest absolute Gasteiger partial charge is 0.508 e. The van der Waals surface area contributed by atoms with E-state index in [4.69, 9.17) is 21.6 Å². The van der Waals surface area contributed by atoms with Gasteiger partial charge in [-0.15, -0.1) is 11.3 Å². The average Bonchev–Trinajstić information content (AvgIpc) is 3.33. The molecular formula is C25H17BrClN5O2S. The molecule has 0 saturated carbocycles. The molecule has 0 aliphatic heterocycles. The summed E-state index contributed by atoms with van der Waals surface area (Å²) in [5.41, 5.74) is 5.79. The number of phenols is 1. The van der Waals surface area contributed by atoms with E-state index >= 15 is 0 Å². The Hall–Kier alpha value is -3.53. The third-order valence-electron chi connectivity index (χ3n) is 5.16. The van der Waals surface area contributed by atoms with Crippen molar-refractivity contribution in [1.29, 1.82) is 0 Å². The molecule has 5 aromatic rings. The number of hydrazone groups is 1. The van der Waals surface area contributed by atoms with Gasteiger partial charge in [0.2, 0.25) is 0 Å². The van der Waals surface area contributed by atoms with E-state index < -0.39 is 0 Å². The van der Waals surface area contributed by atoms with Crippen molar-refractivity contribution < 1.29 is 5.11 Å². The number of rotatable bonds is 6. The van der Waals surface area contributed by atoms with Crippen LogP contribution in [0, 0.1) is 0 Å². The number of thiazole rings is 1. The zero-order valence-corrected chi connectivity index (χ0v) is 21.2. The Labute approximate surface area is 217 Å². The summed E-state index contributed by atoms with van der Waals surface area (Å²) in [5.74, 6) is 0.664.